The summed E-state index contributed by atoms with van der Waals surface area (Å²) in [6, 6.07) is 4.62. The van der Waals surface area contributed by atoms with Gasteiger partial charge in [0.25, 0.3) is 0 Å². The fraction of sp³-hybridized carbons (Fsp3) is 0.300. The van der Waals surface area contributed by atoms with Crippen molar-refractivity contribution in [3.8, 4) is 0 Å². The van der Waals surface area contributed by atoms with E-state index in [9.17, 15) is 4.79 Å². The minimum absolute atomic E-state index is 0.153. The molecule has 1 aromatic carbocycles. The second-order valence-corrected chi connectivity index (χ2v) is 3.99. The molecule has 4 heteroatoms. The highest BCUT2D eigenvalue weighted by molar-refractivity contribution is 6.35. The van der Waals surface area contributed by atoms with Crippen LogP contribution in [0.4, 0.5) is 0 Å². The zero-order valence-electron chi connectivity index (χ0n) is 7.88. The van der Waals surface area contributed by atoms with E-state index in [2.05, 4.69) is 0 Å². The van der Waals surface area contributed by atoms with Gasteiger partial charge in [-0.15, -0.1) is 0 Å². The molecular formula is C10H10Cl2O2. The molecule has 0 N–H and O–H groups in total. The van der Waals surface area contributed by atoms with Gasteiger partial charge in [0, 0.05) is 10.0 Å². The van der Waals surface area contributed by atoms with Gasteiger partial charge in [0.2, 0.25) is 0 Å². The summed E-state index contributed by atoms with van der Waals surface area (Å²) < 4.78 is 4.99. The lowest BCUT2D eigenvalue weighted by molar-refractivity contribution is 0.0378. The van der Waals surface area contributed by atoms with Gasteiger partial charge in [0.1, 0.15) is 0 Å². The number of hydrogen-bond donors (Lipinski definition) is 0. The van der Waals surface area contributed by atoms with Gasteiger partial charge < -0.3 is 4.74 Å². The first kappa shape index (κ1) is 11.3. The van der Waals surface area contributed by atoms with E-state index in [1.807, 2.05) is 0 Å². The van der Waals surface area contributed by atoms with Crippen molar-refractivity contribution < 1.29 is 9.53 Å². The van der Waals surface area contributed by atoms with Gasteiger partial charge in [-0.05, 0) is 32.0 Å². The molecule has 0 aliphatic carbocycles. The number of carbonyl (C=O) groups excluding carboxylic acids is 1. The zero-order valence-corrected chi connectivity index (χ0v) is 9.39. The molecule has 0 atom stereocenters. The molecule has 14 heavy (non-hydrogen) atoms. The van der Waals surface area contributed by atoms with E-state index in [0.29, 0.717) is 15.6 Å². The molecule has 0 heterocycles. The Kier molecular flexibility index (Phi) is 3.78. The number of rotatable bonds is 2. The van der Waals surface area contributed by atoms with E-state index in [-0.39, 0.29) is 6.10 Å². The lowest BCUT2D eigenvalue weighted by Crippen LogP contribution is -2.11. The van der Waals surface area contributed by atoms with Crippen LogP contribution in [0.2, 0.25) is 10.0 Å². The van der Waals surface area contributed by atoms with Gasteiger partial charge in [-0.25, -0.2) is 4.79 Å². The van der Waals surface area contributed by atoms with Crippen LogP contribution in [-0.4, -0.2) is 12.1 Å². The Morgan fingerprint density at radius 1 is 1.21 bits per heavy atom. The Morgan fingerprint density at radius 2 is 1.71 bits per heavy atom. The second kappa shape index (κ2) is 4.67. The topological polar surface area (TPSA) is 26.3 Å². The average Bonchev–Trinajstić information content (AvgIpc) is 2.00. The number of esters is 1. The SMILES string of the molecule is CC(C)OC(=O)c1cc(Cl)cc(Cl)c1. The molecule has 2 nitrogen and oxygen atoms in total. The maximum atomic E-state index is 11.4. The van der Waals surface area contributed by atoms with Gasteiger partial charge in [0.15, 0.2) is 0 Å². The molecule has 76 valence electrons. The number of halogens is 2. The molecule has 0 aliphatic rings. The Balaban J connectivity index is 2.90. The van der Waals surface area contributed by atoms with Crippen molar-refractivity contribution in [3.63, 3.8) is 0 Å². The third-order valence-electron chi connectivity index (χ3n) is 1.44. The van der Waals surface area contributed by atoms with Crippen molar-refractivity contribution in [1.82, 2.24) is 0 Å². The van der Waals surface area contributed by atoms with Gasteiger partial charge in [0.05, 0.1) is 11.7 Å². The first-order valence-electron chi connectivity index (χ1n) is 4.16. The van der Waals surface area contributed by atoms with Crippen LogP contribution in [0.5, 0.6) is 0 Å². The van der Waals surface area contributed by atoms with E-state index in [1.54, 1.807) is 19.9 Å². The summed E-state index contributed by atoms with van der Waals surface area (Å²) in [6.07, 6.45) is -0.153. The molecule has 1 aromatic rings. The Morgan fingerprint density at radius 3 is 2.14 bits per heavy atom. The number of carbonyl (C=O) groups is 1. The van der Waals surface area contributed by atoms with E-state index in [4.69, 9.17) is 27.9 Å². The van der Waals surface area contributed by atoms with Crippen LogP contribution in [0, 0.1) is 0 Å². The van der Waals surface area contributed by atoms with Crippen LogP contribution in [0.3, 0.4) is 0 Å². The normalized spacial score (nSPS) is 10.4. The molecule has 0 aliphatic heterocycles. The third-order valence-corrected chi connectivity index (χ3v) is 1.88. The standard InChI is InChI=1S/C10H10Cl2O2/c1-6(2)14-10(13)7-3-8(11)5-9(12)4-7/h3-6H,1-2H3. The molecule has 0 radical (unpaired) electrons. The minimum atomic E-state index is -0.413. The predicted octanol–water partition coefficient (Wildman–Crippen LogP) is 3.56. The quantitative estimate of drug-likeness (QED) is 0.730. The fourth-order valence-electron chi connectivity index (χ4n) is 0.954. The molecule has 0 aromatic heterocycles. The summed E-state index contributed by atoms with van der Waals surface area (Å²) in [7, 11) is 0. The summed E-state index contributed by atoms with van der Waals surface area (Å²) in [5.74, 6) is -0.413. The Labute approximate surface area is 92.8 Å². The number of ether oxygens (including phenoxy) is 1. The predicted molar refractivity (Wildman–Crippen MR) is 57.0 cm³/mol. The highest BCUT2D eigenvalue weighted by Gasteiger charge is 2.10. The Hall–Kier alpha value is -0.730. The number of benzene rings is 1. The summed E-state index contributed by atoms with van der Waals surface area (Å²) in [4.78, 5) is 11.4. The third kappa shape index (κ3) is 3.20. The molecular weight excluding hydrogens is 223 g/mol. The van der Waals surface area contributed by atoms with Crippen LogP contribution in [0.25, 0.3) is 0 Å². The summed E-state index contributed by atoms with van der Waals surface area (Å²) in [5, 5.41) is 0.849. The molecule has 0 spiro atoms. The van der Waals surface area contributed by atoms with Crippen LogP contribution in [-0.2, 0) is 4.74 Å². The van der Waals surface area contributed by atoms with E-state index >= 15 is 0 Å². The van der Waals surface area contributed by atoms with Gasteiger partial charge >= 0.3 is 5.97 Å². The lowest BCUT2D eigenvalue weighted by atomic mass is 10.2. The lowest BCUT2D eigenvalue weighted by Gasteiger charge is -2.08. The molecule has 0 saturated heterocycles. The smallest absolute Gasteiger partial charge is 0.338 e. The molecule has 0 fully saturated rings. The van der Waals surface area contributed by atoms with Crippen molar-refractivity contribution in [3.05, 3.63) is 33.8 Å². The molecule has 1 rings (SSSR count). The first-order valence-corrected chi connectivity index (χ1v) is 4.91. The maximum Gasteiger partial charge on any atom is 0.338 e. The molecule has 0 unspecified atom stereocenters. The molecule has 0 saturated carbocycles. The summed E-state index contributed by atoms with van der Waals surface area (Å²) >= 11 is 11.5. The van der Waals surface area contributed by atoms with E-state index in [1.165, 1.54) is 12.1 Å². The minimum Gasteiger partial charge on any atom is -0.459 e. The summed E-state index contributed by atoms with van der Waals surface area (Å²) in [6.45, 7) is 3.56. The second-order valence-electron chi connectivity index (χ2n) is 3.11. The van der Waals surface area contributed by atoms with Gasteiger partial charge in [-0.1, -0.05) is 23.2 Å². The van der Waals surface area contributed by atoms with Crippen molar-refractivity contribution >= 4 is 29.2 Å². The maximum absolute atomic E-state index is 11.4. The molecule has 0 bridgehead atoms. The summed E-state index contributed by atoms with van der Waals surface area (Å²) in [5.41, 5.74) is 0.371. The van der Waals surface area contributed by atoms with Crippen molar-refractivity contribution in [2.45, 2.75) is 20.0 Å². The average molecular weight is 233 g/mol. The first-order chi connectivity index (χ1) is 6.49. The largest absolute Gasteiger partial charge is 0.459 e. The van der Waals surface area contributed by atoms with Crippen LogP contribution in [0.1, 0.15) is 24.2 Å². The highest BCUT2D eigenvalue weighted by Crippen LogP contribution is 2.19. The van der Waals surface area contributed by atoms with Crippen LogP contribution < -0.4 is 0 Å². The van der Waals surface area contributed by atoms with Gasteiger partial charge in [-0.2, -0.15) is 0 Å². The van der Waals surface area contributed by atoms with E-state index in [0.717, 1.165) is 0 Å². The van der Waals surface area contributed by atoms with Crippen molar-refractivity contribution in [1.29, 1.82) is 0 Å². The zero-order chi connectivity index (χ0) is 10.7. The Bertz CT molecular complexity index is 328. The molecule has 0 amide bonds. The van der Waals surface area contributed by atoms with Crippen LogP contribution >= 0.6 is 23.2 Å². The monoisotopic (exact) mass is 232 g/mol. The number of hydrogen-bond acceptors (Lipinski definition) is 2. The van der Waals surface area contributed by atoms with Crippen molar-refractivity contribution in [2.24, 2.45) is 0 Å². The van der Waals surface area contributed by atoms with Crippen LogP contribution in [0.15, 0.2) is 18.2 Å². The highest BCUT2D eigenvalue weighted by atomic mass is 35.5. The fourth-order valence-corrected chi connectivity index (χ4v) is 1.48. The van der Waals surface area contributed by atoms with E-state index < -0.39 is 5.97 Å². The van der Waals surface area contributed by atoms with Gasteiger partial charge in [-0.3, -0.25) is 0 Å². The van der Waals surface area contributed by atoms with Crippen molar-refractivity contribution in [2.75, 3.05) is 0 Å².